The fraction of sp³-hybridized carbons (Fsp3) is 0.0667. The first-order chi connectivity index (χ1) is 10.1. The van der Waals surface area contributed by atoms with E-state index in [1.807, 2.05) is 24.3 Å². The Balaban J connectivity index is 1.91. The van der Waals surface area contributed by atoms with Crippen LogP contribution in [0.4, 0.5) is 20.5 Å². The quantitative estimate of drug-likeness (QED) is 0.776. The second-order valence-corrected chi connectivity index (χ2v) is 4.54. The van der Waals surface area contributed by atoms with Gasteiger partial charge in [0.2, 0.25) is 5.95 Å². The molecule has 21 heavy (non-hydrogen) atoms. The van der Waals surface area contributed by atoms with E-state index in [-0.39, 0.29) is 12.5 Å². The summed E-state index contributed by atoms with van der Waals surface area (Å²) in [5, 5.41) is 3.80. The molecule has 3 N–H and O–H groups in total. The van der Waals surface area contributed by atoms with Crippen molar-refractivity contribution in [2.75, 3.05) is 11.1 Å². The van der Waals surface area contributed by atoms with Crippen LogP contribution in [0.25, 0.3) is 10.9 Å². The van der Waals surface area contributed by atoms with Gasteiger partial charge in [0.05, 0.1) is 5.52 Å². The third-order valence-corrected chi connectivity index (χ3v) is 3.08. The first-order valence-electron chi connectivity index (χ1n) is 6.33. The molecule has 106 valence electrons. The molecule has 0 radical (unpaired) electrons. The molecule has 0 saturated heterocycles. The first-order valence-corrected chi connectivity index (χ1v) is 6.33. The SMILES string of the molecule is Nc1nc(NCc2ccc(F)cc2F)c2ccccc2n1. The Hall–Kier alpha value is -2.76. The lowest BCUT2D eigenvalue weighted by atomic mass is 10.2. The van der Waals surface area contributed by atoms with Crippen LogP contribution < -0.4 is 11.1 Å². The lowest BCUT2D eigenvalue weighted by molar-refractivity contribution is 0.574. The first kappa shape index (κ1) is 13.2. The van der Waals surface area contributed by atoms with Gasteiger partial charge in [-0.2, -0.15) is 4.98 Å². The summed E-state index contributed by atoms with van der Waals surface area (Å²) in [7, 11) is 0. The van der Waals surface area contributed by atoms with Crippen molar-refractivity contribution in [1.29, 1.82) is 0 Å². The molecule has 0 fully saturated rings. The molecule has 0 saturated carbocycles. The molecule has 4 nitrogen and oxygen atoms in total. The van der Waals surface area contributed by atoms with Gasteiger partial charge in [0, 0.05) is 23.6 Å². The van der Waals surface area contributed by atoms with Crippen molar-refractivity contribution in [2.45, 2.75) is 6.54 Å². The van der Waals surface area contributed by atoms with Gasteiger partial charge in [-0.05, 0) is 18.2 Å². The lowest BCUT2D eigenvalue weighted by Crippen LogP contribution is -2.06. The Morgan fingerprint density at radius 1 is 1.05 bits per heavy atom. The molecule has 0 spiro atoms. The van der Waals surface area contributed by atoms with E-state index in [9.17, 15) is 8.78 Å². The number of halogens is 2. The molecule has 2 aromatic carbocycles. The Morgan fingerprint density at radius 3 is 2.67 bits per heavy atom. The molecule has 3 rings (SSSR count). The van der Waals surface area contributed by atoms with E-state index >= 15 is 0 Å². The van der Waals surface area contributed by atoms with Crippen LogP contribution in [0.15, 0.2) is 42.5 Å². The van der Waals surface area contributed by atoms with Crippen LogP contribution in [0.3, 0.4) is 0 Å². The monoisotopic (exact) mass is 286 g/mol. The summed E-state index contributed by atoms with van der Waals surface area (Å²) >= 11 is 0. The maximum Gasteiger partial charge on any atom is 0.222 e. The minimum Gasteiger partial charge on any atom is -0.368 e. The number of nitrogens with two attached hydrogens (primary N) is 1. The molecule has 0 aliphatic rings. The highest BCUT2D eigenvalue weighted by atomic mass is 19.1. The van der Waals surface area contributed by atoms with E-state index in [0.717, 1.165) is 11.5 Å². The molecule has 0 unspecified atom stereocenters. The van der Waals surface area contributed by atoms with E-state index in [4.69, 9.17) is 5.73 Å². The average molecular weight is 286 g/mol. The number of hydrogen-bond donors (Lipinski definition) is 2. The number of para-hydroxylation sites is 1. The second-order valence-electron chi connectivity index (χ2n) is 4.54. The van der Waals surface area contributed by atoms with Crippen molar-refractivity contribution in [2.24, 2.45) is 0 Å². The largest absolute Gasteiger partial charge is 0.368 e. The Bertz CT molecular complexity index is 805. The summed E-state index contributed by atoms with van der Waals surface area (Å²) in [5.41, 5.74) is 6.70. The number of aromatic nitrogens is 2. The maximum atomic E-state index is 13.6. The van der Waals surface area contributed by atoms with Crippen LogP contribution in [-0.2, 0) is 6.54 Å². The van der Waals surface area contributed by atoms with Crippen LogP contribution in [0.2, 0.25) is 0 Å². The van der Waals surface area contributed by atoms with Gasteiger partial charge in [0.25, 0.3) is 0 Å². The van der Waals surface area contributed by atoms with E-state index in [0.29, 0.717) is 16.9 Å². The standard InChI is InChI=1S/C15H12F2N4/c16-10-6-5-9(12(17)7-10)8-19-14-11-3-1-2-4-13(11)20-15(18)21-14/h1-7H,8H2,(H3,18,19,20,21). The van der Waals surface area contributed by atoms with Gasteiger partial charge >= 0.3 is 0 Å². The molecule has 1 heterocycles. The van der Waals surface area contributed by atoms with Crippen LogP contribution >= 0.6 is 0 Å². The number of nitrogens with zero attached hydrogens (tertiary/aromatic N) is 2. The molecule has 0 atom stereocenters. The van der Waals surface area contributed by atoms with Crippen molar-refractivity contribution < 1.29 is 8.78 Å². The number of nitrogens with one attached hydrogen (secondary N) is 1. The zero-order valence-electron chi connectivity index (χ0n) is 11.0. The highest BCUT2D eigenvalue weighted by Gasteiger charge is 2.08. The number of anilines is 2. The molecular weight excluding hydrogens is 274 g/mol. The van der Waals surface area contributed by atoms with Crippen LogP contribution in [-0.4, -0.2) is 9.97 Å². The fourth-order valence-electron chi connectivity index (χ4n) is 2.07. The Morgan fingerprint density at radius 2 is 1.86 bits per heavy atom. The number of nitrogen functional groups attached to an aromatic ring is 1. The average Bonchev–Trinajstić information content (AvgIpc) is 2.46. The summed E-state index contributed by atoms with van der Waals surface area (Å²) in [6, 6.07) is 10.8. The normalized spacial score (nSPS) is 10.8. The predicted molar refractivity (Wildman–Crippen MR) is 77.6 cm³/mol. The molecule has 3 aromatic rings. The zero-order valence-corrected chi connectivity index (χ0v) is 11.0. The van der Waals surface area contributed by atoms with Crippen LogP contribution in [0, 0.1) is 11.6 Å². The van der Waals surface area contributed by atoms with E-state index in [1.54, 1.807) is 0 Å². The summed E-state index contributed by atoms with van der Waals surface area (Å²) in [4.78, 5) is 8.25. The van der Waals surface area contributed by atoms with Gasteiger partial charge in [-0.25, -0.2) is 13.8 Å². The van der Waals surface area contributed by atoms with Crippen molar-refractivity contribution >= 4 is 22.7 Å². The predicted octanol–water partition coefficient (Wildman–Crippen LogP) is 3.10. The molecule has 0 aliphatic heterocycles. The Labute approximate surface area is 119 Å². The third-order valence-electron chi connectivity index (χ3n) is 3.08. The summed E-state index contributed by atoms with van der Waals surface area (Å²) in [6.45, 7) is 0.173. The van der Waals surface area contributed by atoms with Crippen LogP contribution in [0.1, 0.15) is 5.56 Å². The van der Waals surface area contributed by atoms with E-state index in [1.165, 1.54) is 12.1 Å². The van der Waals surface area contributed by atoms with Crippen molar-refractivity contribution in [3.8, 4) is 0 Å². The third kappa shape index (κ3) is 2.74. The highest BCUT2D eigenvalue weighted by molar-refractivity contribution is 5.89. The fourth-order valence-corrected chi connectivity index (χ4v) is 2.07. The second kappa shape index (κ2) is 5.32. The van der Waals surface area contributed by atoms with Gasteiger partial charge in [-0.1, -0.05) is 18.2 Å². The topological polar surface area (TPSA) is 63.8 Å². The van der Waals surface area contributed by atoms with Gasteiger partial charge in [0.1, 0.15) is 17.5 Å². The maximum absolute atomic E-state index is 13.6. The lowest BCUT2D eigenvalue weighted by Gasteiger charge is -2.10. The number of rotatable bonds is 3. The number of benzene rings is 2. The molecule has 0 aliphatic carbocycles. The van der Waals surface area contributed by atoms with Crippen molar-refractivity contribution in [1.82, 2.24) is 9.97 Å². The summed E-state index contributed by atoms with van der Waals surface area (Å²) in [5.74, 6) is -0.556. The van der Waals surface area contributed by atoms with Crippen molar-refractivity contribution in [3.05, 3.63) is 59.7 Å². The van der Waals surface area contributed by atoms with Gasteiger partial charge in [-0.3, -0.25) is 0 Å². The van der Waals surface area contributed by atoms with Crippen molar-refractivity contribution in [3.63, 3.8) is 0 Å². The van der Waals surface area contributed by atoms with E-state index in [2.05, 4.69) is 15.3 Å². The highest BCUT2D eigenvalue weighted by Crippen LogP contribution is 2.21. The molecule has 6 heteroatoms. The summed E-state index contributed by atoms with van der Waals surface area (Å²) < 4.78 is 26.5. The van der Waals surface area contributed by atoms with Gasteiger partial charge in [-0.15, -0.1) is 0 Å². The number of hydrogen-bond acceptors (Lipinski definition) is 4. The molecule has 0 bridgehead atoms. The Kier molecular flexibility index (Phi) is 3.35. The molecular formula is C15H12F2N4. The molecule has 1 aromatic heterocycles. The molecule has 0 amide bonds. The van der Waals surface area contributed by atoms with Gasteiger partial charge in [0.15, 0.2) is 0 Å². The minimum atomic E-state index is -0.604. The van der Waals surface area contributed by atoms with Gasteiger partial charge < -0.3 is 11.1 Å². The van der Waals surface area contributed by atoms with Crippen LogP contribution in [0.5, 0.6) is 0 Å². The zero-order chi connectivity index (χ0) is 14.8. The summed E-state index contributed by atoms with van der Waals surface area (Å²) in [6.07, 6.45) is 0. The smallest absolute Gasteiger partial charge is 0.222 e. The van der Waals surface area contributed by atoms with E-state index < -0.39 is 11.6 Å². The minimum absolute atomic E-state index is 0.135. The number of fused-ring (bicyclic) bond motifs is 1.